The van der Waals surface area contributed by atoms with Gasteiger partial charge in [0.2, 0.25) is 0 Å². The second-order valence-electron chi connectivity index (χ2n) is 4.56. The second kappa shape index (κ2) is 5.24. The van der Waals surface area contributed by atoms with Gasteiger partial charge < -0.3 is 9.64 Å². The van der Waals surface area contributed by atoms with Gasteiger partial charge in [0, 0.05) is 13.1 Å². The van der Waals surface area contributed by atoms with E-state index in [0.717, 1.165) is 0 Å². The van der Waals surface area contributed by atoms with Crippen molar-refractivity contribution in [1.29, 1.82) is 0 Å². The highest BCUT2D eigenvalue weighted by molar-refractivity contribution is 6.33. The molecule has 0 spiro atoms. The first kappa shape index (κ1) is 13.3. The molecule has 0 N–H and O–H groups in total. The van der Waals surface area contributed by atoms with E-state index in [1.807, 2.05) is 13.8 Å². The number of ether oxygens (including phenoxy) is 1. The smallest absolute Gasteiger partial charge is 0.258 e. The Morgan fingerprint density at radius 2 is 2.00 bits per heavy atom. The van der Waals surface area contributed by atoms with Gasteiger partial charge in [-0.25, -0.2) is 4.39 Å². The minimum atomic E-state index is -0.584. The summed E-state index contributed by atoms with van der Waals surface area (Å²) in [4.78, 5) is 13.9. The molecule has 0 radical (unpaired) electrons. The van der Waals surface area contributed by atoms with Crippen LogP contribution >= 0.6 is 11.6 Å². The van der Waals surface area contributed by atoms with Gasteiger partial charge in [-0.05, 0) is 26.0 Å². The van der Waals surface area contributed by atoms with Crippen molar-refractivity contribution >= 4 is 17.5 Å². The van der Waals surface area contributed by atoms with E-state index in [-0.39, 0.29) is 28.7 Å². The topological polar surface area (TPSA) is 29.5 Å². The van der Waals surface area contributed by atoms with E-state index in [0.29, 0.717) is 13.1 Å². The summed E-state index contributed by atoms with van der Waals surface area (Å²) in [5.41, 5.74) is -0.0551. The monoisotopic (exact) mass is 271 g/mol. The van der Waals surface area contributed by atoms with Crippen LogP contribution in [0.15, 0.2) is 18.2 Å². The summed E-state index contributed by atoms with van der Waals surface area (Å²) < 4.78 is 19.2. The Kier molecular flexibility index (Phi) is 3.88. The zero-order chi connectivity index (χ0) is 13.3. The lowest BCUT2D eigenvalue weighted by atomic mass is 10.1. The molecule has 0 saturated carbocycles. The fourth-order valence-corrected chi connectivity index (χ4v) is 2.45. The second-order valence-corrected chi connectivity index (χ2v) is 4.97. The Morgan fingerprint density at radius 3 is 2.56 bits per heavy atom. The molecule has 1 fully saturated rings. The quantitative estimate of drug-likeness (QED) is 0.786. The van der Waals surface area contributed by atoms with Crippen molar-refractivity contribution in [3.05, 3.63) is 34.6 Å². The first-order valence-corrected chi connectivity index (χ1v) is 6.25. The summed E-state index contributed by atoms with van der Waals surface area (Å²) in [6.07, 6.45) is -0.105. The van der Waals surface area contributed by atoms with Crippen LogP contribution in [0.25, 0.3) is 0 Å². The third-order valence-corrected chi connectivity index (χ3v) is 3.20. The van der Waals surface area contributed by atoms with E-state index < -0.39 is 5.82 Å². The normalized spacial score (nSPS) is 24.1. The number of hydrogen-bond acceptors (Lipinski definition) is 2. The molecule has 1 aromatic carbocycles. The molecule has 2 unspecified atom stereocenters. The molecule has 1 heterocycles. The summed E-state index contributed by atoms with van der Waals surface area (Å²) in [5.74, 6) is -0.959. The molecular formula is C13H15ClFNO2. The number of halogens is 2. The number of nitrogens with zero attached hydrogens (tertiary/aromatic N) is 1. The van der Waals surface area contributed by atoms with Crippen LogP contribution in [0, 0.1) is 5.82 Å². The van der Waals surface area contributed by atoms with Gasteiger partial charge in [0.05, 0.1) is 22.8 Å². The molecule has 0 aromatic heterocycles. The van der Waals surface area contributed by atoms with E-state index in [9.17, 15) is 9.18 Å². The Balaban J connectivity index is 2.26. The van der Waals surface area contributed by atoms with Crippen molar-refractivity contribution in [2.24, 2.45) is 0 Å². The van der Waals surface area contributed by atoms with Gasteiger partial charge in [-0.3, -0.25) is 4.79 Å². The van der Waals surface area contributed by atoms with Crippen LogP contribution in [0.1, 0.15) is 24.2 Å². The van der Waals surface area contributed by atoms with Gasteiger partial charge in [0.1, 0.15) is 5.82 Å². The molecule has 98 valence electrons. The minimum absolute atomic E-state index is 0.0525. The molecule has 2 atom stereocenters. The first-order valence-electron chi connectivity index (χ1n) is 5.87. The van der Waals surface area contributed by atoms with Gasteiger partial charge in [0.15, 0.2) is 0 Å². The van der Waals surface area contributed by atoms with Gasteiger partial charge >= 0.3 is 0 Å². The Labute approximate surface area is 110 Å². The molecule has 1 aromatic rings. The number of hydrogen-bond donors (Lipinski definition) is 0. The standard InChI is InChI=1S/C13H15ClFNO2/c1-8-6-16(7-9(2)18-8)13(17)12-10(14)4-3-5-11(12)15/h3-5,8-9H,6-7H2,1-2H3. The third-order valence-electron chi connectivity index (χ3n) is 2.88. The molecule has 1 aliphatic rings. The fraction of sp³-hybridized carbons (Fsp3) is 0.462. The molecule has 0 bridgehead atoms. The van der Waals surface area contributed by atoms with Crippen LogP contribution in [-0.2, 0) is 4.74 Å². The maximum absolute atomic E-state index is 13.7. The molecule has 1 aliphatic heterocycles. The van der Waals surface area contributed by atoms with Crippen molar-refractivity contribution in [2.75, 3.05) is 13.1 Å². The molecule has 18 heavy (non-hydrogen) atoms. The maximum Gasteiger partial charge on any atom is 0.258 e. The van der Waals surface area contributed by atoms with Crippen LogP contribution in [0.5, 0.6) is 0 Å². The zero-order valence-electron chi connectivity index (χ0n) is 10.3. The van der Waals surface area contributed by atoms with Crippen molar-refractivity contribution in [3.8, 4) is 0 Å². The highest BCUT2D eigenvalue weighted by atomic mass is 35.5. The van der Waals surface area contributed by atoms with Crippen LogP contribution in [0.3, 0.4) is 0 Å². The van der Waals surface area contributed by atoms with E-state index >= 15 is 0 Å². The SMILES string of the molecule is CC1CN(C(=O)c2c(F)cccc2Cl)CC(C)O1. The van der Waals surface area contributed by atoms with Gasteiger partial charge in [0.25, 0.3) is 5.91 Å². The predicted octanol–water partition coefficient (Wildman–Crippen LogP) is 2.73. The van der Waals surface area contributed by atoms with Crippen LogP contribution in [0.2, 0.25) is 5.02 Å². The highest BCUT2D eigenvalue weighted by Gasteiger charge is 2.29. The lowest BCUT2D eigenvalue weighted by Crippen LogP contribution is -2.48. The maximum atomic E-state index is 13.7. The summed E-state index contributed by atoms with van der Waals surface area (Å²) >= 11 is 5.90. The van der Waals surface area contributed by atoms with Crippen LogP contribution < -0.4 is 0 Å². The van der Waals surface area contributed by atoms with E-state index in [1.54, 1.807) is 4.90 Å². The fourth-order valence-electron chi connectivity index (χ4n) is 2.20. The zero-order valence-corrected chi connectivity index (χ0v) is 11.1. The lowest BCUT2D eigenvalue weighted by molar-refractivity contribution is -0.0587. The largest absolute Gasteiger partial charge is 0.372 e. The number of carbonyl (C=O) groups excluding carboxylic acids is 1. The molecule has 2 rings (SSSR count). The molecule has 5 heteroatoms. The number of morpholine rings is 1. The van der Waals surface area contributed by atoms with E-state index in [4.69, 9.17) is 16.3 Å². The van der Waals surface area contributed by atoms with Crippen molar-refractivity contribution in [2.45, 2.75) is 26.1 Å². The van der Waals surface area contributed by atoms with Crippen LogP contribution in [0.4, 0.5) is 4.39 Å². The van der Waals surface area contributed by atoms with Crippen molar-refractivity contribution in [1.82, 2.24) is 4.90 Å². The first-order chi connectivity index (χ1) is 8.49. The van der Waals surface area contributed by atoms with Gasteiger partial charge in [-0.1, -0.05) is 17.7 Å². The van der Waals surface area contributed by atoms with E-state index in [2.05, 4.69) is 0 Å². The molecule has 0 aliphatic carbocycles. The van der Waals surface area contributed by atoms with E-state index in [1.165, 1.54) is 18.2 Å². The van der Waals surface area contributed by atoms with Gasteiger partial charge in [-0.2, -0.15) is 0 Å². The predicted molar refractivity (Wildman–Crippen MR) is 67.3 cm³/mol. The highest BCUT2D eigenvalue weighted by Crippen LogP contribution is 2.22. The van der Waals surface area contributed by atoms with Crippen molar-refractivity contribution in [3.63, 3.8) is 0 Å². The Morgan fingerprint density at radius 1 is 1.39 bits per heavy atom. The molecular weight excluding hydrogens is 257 g/mol. The number of amides is 1. The van der Waals surface area contributed by atoms with Crippen molar-refractivity contribution < 1.29 is 13.9 Å². The number of rotatable bonds is 1. The minimum Gasteiger partial charge on any atom is -0.372 e. The average molecular weight is 272 g/mol. The summed E-state index contributed by atoms with van der Waals surface area (Å²) in [7, 11) is 0. The number of benzene rings is 1. The number of carbonyl (C=O) groups is 1. The lowest BCUT2D eigenvalue weighted by Gasteiger charge is -2.35. The Bertz CT molecular complexity index is 436. The Hall–Kier alpha value is -1.13. The summed E-state index contributed by atoms with van der Waals surface area (Å²) in [6, 6.07) is 4.25. The molecule has 1 saturated heterocycles. The summed E-state index contributed by atoms with van der Waals surface area (Å²) in [5, 5.41) is 0.145. The van der Waals surface area contributed by atoms with Crippen LogP contribution in [-0.4, -0.2) is 36.1 Å². The third kappa shape index (κ3) is 2.65. The summed E-state index contributed by atoms with van der Waals surface area (Å²) in [6.45, 7) is 4.68. The molecule has 3 nitrogen and oxygen atoms in total. The molecule has 1 amide bonds. The average Bonchev–Trinajstić information content (AvgIpc) is 2.27. The van der Waals surface area contributed by atoms with Gasteiger partial charge in [-0.15, -0.1) is 0 Å².